The maximum atomic E-state index is 12.9. The molecule has 1 N–H and O–H groups in total. The summed E-state index contributed by atoms with van der Waals surface area (Å²) in [7, 11) is 0. The Kier molecular flexibility index (Phi) is 4.57. The Labute approximate surface area is 170 Å². The molecular weight excluding hydrogens is 362 g/mol. The molecule has 146 valence electrons. The highest BCUT2D eigenvalue weighted by Gasteiger charge is 2.40. The fourth-order valence-corrected chi connectivity index (χ4v) is 4.59. The minimum atomic E-state index is -0.124. The van der Waals surface area contributed by atoms with Crippen molar-refractivity contribution in [3.63, 3.8) is 0 Å². The van der Waals surface area contributed by atoms with Gasteiger partial charge in [-0.2, -0.15) is 0 Å². The molecule has 2 unspecified atom stereocenters. The van der Waals surface area contributed by atoms with Crippen LogP contribution in [0.3, 0.4) is 0 Å². The van der Waals surface area contributed by atoms with E-state index in [-0.39, 0.29) is 11.9 Å². The van der Waals surface area contributed by atoms with E-state index in [9.17, 15) is 4.79 Å². The summed E-state index contributed by atoms with van der Waals surface area (Å²) in [5.41, 5.74) is 2.74. The van der Waals surface area contributed by atoms with E-state index in [4.69, 9.17) is 4.42 Å². The van der Waals surface area contributed by atoms with Crippen LogP contribution in [0.2, 0.25) is 0 Å². The highest BCUT2D eigenvalue weighted by atomic mass is 16.3. The number of carbonyl (C=O) groups is 1. The molecule has 2 aromatic heterocycles. The van der Waals surface area contributed by atoms with Crippen LogP contribution in [0.1, 0.15) is 41.4 Å². The Morgan fingerprint density at radius 2 is 2.00 bits per heavy atom. The van der Waals surface area contributed by atoms with Crippen molar-refractivity contribution in [2.24, 2.45) is 5.92 Å². The monoisotopic (exact) mass is 385 g/mol. The van der Waals surface area contributed by atoms with Crippen molar-refractivity contribution < 1.29 is 9.21 Å². The molecule has 1 amide bonds. The fraction of sp³-hybridized carbons (Fsp3) is 0.333. The fourth-order valence-electron chi connectivity index (χ4n) is 4.59. The lowest BCUT2D eigenvalue weighted by Crippen LogP contribution is -2.62. The lowest BCUT2D eigenvalue weighted by atomic mass is 9.79. The molecule has 29 heavy (non-hydrogen) atoms. The molecule has 6 rings (SSSR count). The van der Waals surface area contributed by atoms with E-state index < -0.39 is 0 Å². The molecule has 0 saturated carbocycles. The Bertz CT molecular complexity index is 1100. The quantitative estimate of drug-likeness (QED) is 0.687. The van der Waals surface area contributed by atoms with Crippen molar-refractivity contribution >= 4 is 16.9 Å². The summed E-state index contributed by atoms with van der Waals surface area (Å²) in [5.74, 6) is 6.73. The van der Waals surface area contributed by atoms with Gasteiger partial charge in [-0.1, -0.05) is 30.0 Å². The van der Waals surface area contributed by atoms with Gasteiger partial charge in [-0.05, 0) is 57.0 Å². The summed E-state index contributed by atoms with van der Waals surface area (Å²) in [6.07, 6.45) is 5.54. The highest BCUT2D eigenvalue weighted by molar-refractivity contribution is 5.97. The first-order chi connectivity index (χ1) is 14.2. The zero-order chi connectivity index (χ0) is 19.8. The molecule has 0 spiro atoms. The lowest BCUT2D eigenvalue weighted by Gasteiger charge is -2.49. The first-order valence-corrected chi connectivity index (χ1v) is 10.2. The van der Waals surface area contributed by atoms with Crippen LogP contribution in [0.15, 0.2) is 53.3 Å². The number of piperidine rings is 3. The van der Waals surface area contributed by atoms with Gasteiger partial charge < -0.3 is 9.73 Å². The average Bonchev–Trinajstić information content (AvgIpc) is 3.18. The van der Waals surface area contributed by atoms with Crippen molar-refractivity contribution in [1.29, 1.82) is 0 Å². The SMILES string of the molecule is CC1C(NC(=O)c2cc3c(C#Cc4ccccc4)coc3cn2)C2CCN1CC2. The van der Waals surface area contributed by atoms with E-state index in [1.807, 2.05) is 30.3 Å². The van der Waals surface area contributed by atoms with Gasteiger partial charge in [0.25, 0.3) is 5.91 Å². The van der Waals surface area contributed by atoms with E-state index in [1.165, 1.54) is 0 Å². The summed E-state index contributed by atoms with van der Waals surface area (Å²) in [5, 5.41) is 4.06. The summed E-state index contributed by atoms with van der Waals surface area (Å²) in [6, 6.07) is 12.1. The molecular formula is C24H23N3O2. The second-order valence-corrected chi connectivity index (χ2v) is 7.94. The van der Waals surface area contributed by atoms with E-state index >= 15 is 0 Å². The number of hydrogen-bond donors (Lipinski definition) is 1. The number of hydrogen-bond acceptors (Lipinski definition) is 4. The van der Waals surface area contributed by atoms with Crippen molar-refractivity contribution in [2.75, 3.05) is 13.1 Å². The maximum absolute atomic E-state index is 12.9. The Morgan fingerprint density at radius 3 is 2.76 bits per heavy atom. The summed E-state index contributed by atoms with van der Waals surface area (Å²) >= 11 is 0. The van der Waals surface area contributed by atoms with Gasteiger partial charge in [0.1, 0.15) is 12.0 Å². The molecule has 5 heterocycles. The van der Waals surface area contributed by atoms with Gasteiger partial charge in [0.15, 0.2) is 5.58 Å². The van der Waals surface area contributed by atoms with Crippen LogP contribution in [0, 0.1) is 17.8 Å². The molecule has 3 aliphatic rings. The van der Waals surface area contributed by atoms with Gasteiger partial charge in [0.2, 0.25) is 0 Å². The average molecular weight is 385 g/mol. The topological polar surface area (TPSA) is 58.4 Å². The molecule has 0 aliphatic carbocycles. The minimum Gasteiger partial charge on any atom is -0.461 e. The number of pyridine rings is 1. The predicted molar refractivity (Wildman–Crippen MR) is 111 cm³/mol. The number of benzene rings is 1. The standard InChI is InChI=1S/C24H23N3O2/c1-16-23(18-9-11-27(16)12-10-18)26-24(28)21-13-20-19(15-29-22(20)14-25-21)8-7-17-5-3-2-4-6-17/h2-6,13-16,18,23H,9-12H2,1H3,(H,26,28). The first kappa shape index (κ1) is 18.0. The van der Waals surface area contributed by atoms with Crippen LogP contribution in [-0.2, 0) is 0 Å². The minimum absolute atomic E-state index is 0.124. The van der Waals surface area contributed by atoms with Crippen LogP contribution in [0.4, 0.5) is 0 Å². The van der Waals surface area contributed by atoms with Crippen LogP contribution in [0.25, 0.3) is 11.0 Å². The smallest absolute Gasteiger partial charge is 0.270 e. The molecule has 5 heteroatoms. The van der Waals surface area contributed by atoms with E-state index in [0.717, 1.165) is 42.4 Å². The van der Waals surface area contributed by atoms with E-state index in [2.05, 4.69) is 34.0 Å². The molecule has 2 bridgehead atoms. The molecule has 3 saturated heterocycles. The van der Waals surface area contributed by atoms with Gasteiger partial charge in [-0.3, -0.25) is 9.69 Å². The number of furan rings is 1. The van der Waals surface area contributed by atoms with Gasteiger partial charge in [0.05, 0.1) is 11.8 Å². The van der Waals surface area contributed by atoms with Crippen molar-refractivity contribution in [3.05, 3.63) is 65.7 Å². The number of aromatic nitrogens is 1. The molecule has 5 nitrogen and oxygen atoms in total. The Hall–Kier alpha value is -3.10. The molecule has 3 aromatic rings. The van der Waals surface area contributed by atoms with Gasteiger partial charge in [-0.15, -0.1) is 0 Å². The van der Waals surface area contributed by atoms with Gasteiger partial charge in [-0.25, -0.2) is 4.98 Å². The predicted octanol–water partition coefficient (Wildman–Crippen LogP) is 3.44. The normalized spacial score (nSPS) is 25.4. The highest BCUT2D eigenvalue weighted by Crippen LogP contribution is 2.32. The van der Waals surface area contributed by atoms with Crippen LogP contribution in [-0.4, -0.2) is 41.0 Å². The second kappa shape index (κ2) is 7.38. The number of nitrogens with zero attached hydrogens (tertiary/aromatic N) is 2. The van der Waals surface area contributed by atoms with Crippen molar-refractivity contribution in [3.8, 4) is 11.8 Å². The zero-order valence-corrected chi connectivity index (χ0v) is 16.4. The molecule has 0 radical (unpaired) electrons. The summed E-state index contributed by atoms with van der Waals surface area (Å²) in [6.45, 7) is 4.49. The van der Waals surface area contributed by atoms with Crippen molar-refractivity contribution in [1.82, 2.24) is 15.2 Å². The maximum Gasteiger partial charge on any atom is 0.270 e. The summed E-state index contributed by atoms with van der Waals surface area (Å²) < 4.78 is 5.58. The third kappa shape index (κ3) is 3.41. The first-order valence-electron chi connectivity index (χ1n) is 10.2. The Morgan fingerprint density at radius 1 is 1.21 bits per heavy atom. The number of carbonyl (C=O) groups excluding carboxylic acids is 1. The number of rotatable bonds is 2. The third-order valence-corrected chi connectivity index (χ3v) is 6.28. The van der Waals surface area contributed by atoms with Crippen molar-refractivity contribution in [2.45, 2.75) is 31.8 Å². The second-order valence-electron chi connectivity index (χ2n) is 7.94. The van der Waals surface area contributed by atoms with Gasteiger partial charge >= 0.3 is 0 Å². The molecule has 2 atom stereocenters. The third-order valence-electron chi connectivity index (χ3n) is 6.28. The molecule has 3 fully saturated rings. The van der Waals surface area contributed by atoms with E-state index in [1.54, 1.807) is 18.5 Å². The van der Waals surface area contributed by atoms with Crippen LogP contribution < -0.4 is 5.32 Å². The van der Waals surface area contributed by atoms with Gasteiger partial charge in [0, 0.05) is 23.0 Å². The van der Waals surface area contributed by atoms with E-state index in [0.29, 0.717) is 23.2 Å². The van der Waals surface area contributed by atoms with Crippen LogP contribution in [0.5, 0.6) is 0 Å². The number of fused-ring (bicyclic) bond motifs is 4. The largest absolute Gasteiger partial charge is 0.461 e. The zero-order valence-electron chi connectivity index (χ0n) is 16.4. The molecule has 3 aliphatic heterocycles. The molecule has 1 aromatic carbocycles. The van der Waals surface area contributed by atoms with Crippen LogP contribution >= 0.6 is 0 Å². The summed E-state index contributed by atoms with van der Waals surface area (Å²) in [4.78, 5) is 19.7. The Balaban J connectivity index is 1.40. The lowest BCUT2D eigenvalue weighted by molar-refractivity contribution is 0.0216. The number of amides is 1. The number of nitrogens with one attached hydrogen (secondary N) is 1.